The molecule has 1 aromatic rings. The third-order valence-electron chi connectivity index (χ3n) is 2.09. The highest BCUT2D eigenvalue weighted by Crippen LogP contribution is 2.10. The van der Waals surface area contributed by atoms with Crippen LogP contribution in [0.15, 0.2) is 30.3 Å². The topological polar surface area (TPSA) is 95.9 Å². The monoisotopic (exact) mass is 265 g/mol. The zero-order valence-electron chi connectivity index (χ0n) is 10.2. The summed E-state index contributed by atoms with van der Waals surface area (Å²) in [5.74, 6) is -1.18. The van der Waals surface area contributed by atoms with Crippen molar-refractivity contribution < 1.29 is 24.5 Å². The molecule has 19 heavy (non-hydrogen) atoms. The fourth-order valence-corrected chi connectivity index (χ4v) is 1.22. The summed E-state index contributed by atoms with van der Waals surface area (Å²) in [6.07, 6.45) is 2.95. The molecule has 0 heterocycles. The number of ether oxygens (including phenoxy) is 1. The molecule has 0 unspecified atom stereocenters. The van der Waals surface area contributed by atoms with Gasteiger partial charge in [0, 0.05) is 12.6 Å². The quantitative estimate of drug-likeness (QED) is 0.496. The number of carboxylic acid groups (broad SMARTS) is 1. The molecule has 1 aromatic carbocycles. The van der Waals surface area contributed by atoms with Gasteiger partial charge in [0.15, 0.2) is 0 Å². The first-order valence-electron chi connectivity index (χ1n) is 5.62. The Morgan fingerprint density at radius 1 is 1.26 bits per heavy atom. The van der Waals surface area contributed by atoms with E-state index in [1.807, 2.05) is 0 Å². The Hall–Kier alpha value is -2.34. The molecule has 3 N–H and O–H groups in total. The van der Waals surface area contributed by atoms with Crippen molar-refractivity contribution in [3.8, 4) is 5.75 Å². The number of aromatic hydroxyl groups is 1. The van der Waals surface area contributed by atoms with E-state index in [0.29, 0.717) is 0 Å². The summed E-state index contributed by atoms with van der Waals surface area (Å²) in [6, 6.07) is 6.40. The van der Waals surface area contributed by atoms with Gasteiger partial charge in [0.25, 0.3) is 0 Å². The lowest BCUT2D eigenvalue weighted by atomic mass is 10.2. The highest BCUT2D eigenvalue weighted by molar-refractivity contribution is 5.91. The van der Waals surface area contributed by atoms with Gasteiger partial charge in [0.1, 0.15) is 12.4 Å². The molecule has 0 spiro atoms. The normalized spacial score (nSPS) is 10.5. The molecule has 6 heteroatoms. The van der Waals surface area contributed by atoms with E-state index >= 15 is 0 Å². The summed E-state index contributed by atoms with van der Waals surface area (Å²) in [5.41, 5.74) is 0.787. The van der Waals surface area contributed by atoms with Gasteiger partial charge in [-0.15, -0.1) is 0 Å². The maximum atomic E-state index is 11.4. The van der Waals surface area contributed by atoms with Crippen LogP contribution in [0.25, 0.3) is 6.08 Å². The van der Waals surface area contributed by atoms with Crippen molar-refractivity contribution >= 4 is 18.0 Å². The van der Waals surface area contributed by atoms with Crippen LogP contribution in [-0.2, 0) is 14.3 Å². The number of rotatable bonds is 7. The number of carbonyl (C=O) groups excluding carboxylic acids is 1. The fourth-order valence-electron chi connectivity index (χ4n) is 1.22. The van der Waals surface area contributed by atoms with Crippen LogP contribution in [0.5, 0.6) is 5.75 Å². The third-order valence-corrected chi connectivity index (χ3v) is 2.09. The van der Waals surface area contributed by atoms with Crippen LogP contribution in [0, 0.1) is 0 Å². The summed E-state index contributed by atoms with van der Waals surface area (Å²) >= 11 is 0. The molecule has 0 atom stereocenters. The molecule has 0 aliphatic heterocycles. The van der Waals surface area contributed by atoms with Crippen molar-refractivity contribution in [2.75, 3.05) is 19.8 Å². The summed E-state index contributed by atoms with van der Waals surface area (Å²) < 4.78 is 4.76. The van der Waals surface area contributed by atoms with Gasteiger partial charge < -0.3 is 20.3 Å². The van der Waals surface area contributed by atoms with Gasteiger partial charge in [0.05, 0.1) is 6.61 Å². The number of nitrogens with one attached hydrogen (secondary N) is 1. The minimum absolute atomic E-state index is 0.144. The average Bonchev–Trinajstić information content (AvgIpc) is 2.37. The Bertz CT molecular complexity index is 453. The number of hydrogen-bond acceptors (Lipinski definition) is 4. The largest absolute Gasteiger partial charge is 0.508 e. The van der Waals surface area contributed by atoms with E-state index in [1.54, 1.807) is 18.2 Å². The SMILES string of the molecule is O=C(O)COCCNC(=O)C=Cc1ccc(O)cc1. The van der Waals surface area contributed by atoms with Crippen LogP contribution < -0.4 is 5.32 Å². The molecule has 0 fully saturated rings. The van der Waals surface area contributed by atoms with Crippen molar-refractivity contribution in [2.24, 2.45) is 0 Å². The third kappa shape index (κ3) is 6.85. The van der Waals surface area contributed by atoms with E-state index in [4.69, 9.17) is 14.9 Å². The van der Waals surface area contributed by atoms with Crippen molar-refractivity contribution in [1.29, 1.82) is 0 Å². The molecule has 0 saturated heterocycles. The molecule has 0 aliphatic rings. The number of aliphatic carboxylic acids is 1. The number of phenolic OH excluding ortho intramolecular Hbond substituents is 1. The Balaban J connectivity index is 2.23. The minimum atomic E-state index is -1.04. The maximum Gasteiger partial charge on any atom is 0.329 e. The van der Waals surface area contributed by atoms with Gasteiger partial charge in [-0.3, -0.25) is 4.79 Å². The van der Waals surface area contributed by atoms with E-state index < -0.39 is 5.97 Å². The predicted octanol–water partition coefficient (Wildman–Crippen LogP) is 0.623. The second kappa shape index (κ2) is 7.88. The van der Waals surface area contributed by atoms with Gasteiger partial charge in [0.2, 0.25) is 5.91 Å². The zero-order chi connectivity index (χ0) is 14.1. The molecule has 0 saturated carbocycles. The average molecular weight is 265 g/mol. The Kier molecular flexibility index (Phi) is 6.11. The standard InChI is InChI=1S/C13H15NO5/c15-11-4-1-10(2-5-11)3-6-12(16)14-7-8-19-9-13(17)18/h1-6,15H,7-9H2,(H,14,16)(H,17,18). The molecule has 1 rings (SSSR count). The van der Waals surface area contributed by atoms with Crippen molar-refractivity contribution in [3.63, 3.8) is 0 Å². The van der Waals surface area contributed by atoms with Crippen molar-refractivity contribution in [3.05, 3.63) is 35.9 Å². The van der Waals surface area contributed by atoms with E-state index in [-0.39, 0.29) is 31.4 Å². The second-order valence-electron chi connectivity index (χ2n) is 3.66. The molecule has 0 aliphatic carbocycles. The number of benzene rings is 1. The number of carbonyl (C=O) groups is 2. The van der Waals surface area contributed by atoms with E-state index in [9.17, 15) is 9.59 Å². The predicted molar refractivity (Wildman–Crippen MR) is 68.6 cm³/mol. The molecular formula is C13H15NO5. The molecule has 1 amide bonds. The van der Waals surface area contributed by atoms with Gasteiger partial charge in [-0.25, -0.2) is 4.79 Å². The van der Waals surface area contributed by atoms with Gasteiger partial charge in [-0.2, -0.15) is 0 Å². The molecule has 6 nitrogen and oxygen atoms in total. The highest BCUT2D eigenvalue weighted by Gasteiger charge is 1.97. The minimum Gasteiger partial charge on any atom is -0.508 e. The first-order chi connectivity index (χ1) is 9.08. The Labute approximate surface area is 110 Å². The highest BCUT2D eigenvalue weighted by atomic mass is 16.5. The van der Waals surface area contributed by atoms with Crippen LogP contribution in [0.2, 0.25) is 0 Å². The van der Waals surface area contributed by atoms with Crippen LogP contribution in [0.1, 0.15) is 5.56 Å². The van der Waals surface area contributed by atoms with E-state index in [1.165, 1.54) is 18.2 Å². The number of hydrogen-bond donors (Lipinski definition) is 3. The van der Waals surface area contributed by atoms with E-state index in [0.717, 1.165) is 5.56 Å². The summed E-state index contributed by atoms with van der Waals surface area (Å²) in [6.45, 7) is 0.0103. The van der Waals surface area contributed by atoms with Crippen molar-refractivity contribution in [2.45, 2.75) is 0 Å². The zero-order valence-corrected chi connectivity index (χ0v) is 10.2. The maximum absolute atomic E-state index is 11.4. The molecular weight excluding hydrogens is 250 g/mol. The van der Waals surface area contributed by atoms with Crippen molar-refractivity contribution in [1.82, 2.24) is 5.32 Å². The molecule has 0 radical (unpaired) electrons. The summed E-state index contributed by atoms with van der Waals surface area (Å²) in [5, 5.41) is 19.9. The van der Waals surface area contributed by atoms with Crippen LogP contribution in [-0.4, -0.2) is 41.8 Å². The molecule has 0 bridgehead atoms. The van der Waals surface area contributed by atoms with Crippen LogP contribution in [0.3, 0.4) is 0 Å². The fraction of sp³-hybridized carbons (Fsp3) is 0.231. The van der Waals surface area contributed by atoms with E-state index in [2.05, 4.69) is 5.32 Å². The first kappa shape index (κ1) is 14.7. The lowest BCUT2D eigenvalue weighted by molar-refractivity contribution is -0.142. The molecule has 102 valence electrons. The lowest BCUT2D eigenvalue weighted by Gasteiger charge is -2.02. The number of amides is 1. The van der Waals surface area contributed by atoms with Gasteiger partial charge >= 0.3 is 5.97 Å². The summed E-state index contributed by atoms with van der Waals surface area (Å²) in [7, 11) is 0. The van der Waals surface area contributed by atoms with Gasteiger partial charge in [-0.1, -0.05) is 12.1 Å². The number of phenols is 1. The Morgan fingerprint density at radius 3 is 2.58 bits per heavy atom. The van der Waals surface area contributed by atoms with Crippen LogP contribution in [0.4, 0.5) is 0 Å². The Morgan fingerprint density at radius 2 is 1.95 bits per heavy atom. The lowest BCUT2D eigenvalue weighted by Crippen LogP contribution is -2.26. The number of carboxylic acids is 1. The summed E-state index contributed by atoms with van der Waals surface area (Å²) in [4.78, 5) is 21.5. The molecule has 0 aromatic heterocycles. The first-order valence-corrected chi connectivity index (χ1v) is 5.62. The van der Waals surface area contributed by atoms with Crippen LogP contribution >= 0.6 is 0 Å². The second-order valence-corrected chi connectivity index (χ2v) is 3.66. The van der Waals surface area contributed by atoms with Gasteiger partial charge in [-0.05, 0) is 23.8 Å². The smallest absolute Gasteiger partial charge is 0.329 e.